The van der Waals surface area contributed by atoms with E-state index in [4.69, 9.17) is 5.26 Å². The molecule has 1 atom stereocenters. The maximum absolute atomic E-state index is 11.5. The number of nitriles is 1. The first-order chi connectivity index (χ1) is 6.24. The minimum atomic E-state index is -1.05. The molecule has 1 unspecified atom stereocenters. The second-order valence-corrected chi connectivity index (χ2v) is 4.90. The molecule has 0 amide bonds. The van der Waals surface area contributed by atoms with Gasteiger partial charge in [0.15, 0.2) is 0 Å². The Labute approximate surface area is 88.2 Å². The summed E-state index contributed by atoms with van der Waals surface area (Å²) in [4.78, 5) is 0.768. The Morgan fingerprint density at radius 1 is 1.54 bits per heavy atom. The van der Waals surface area contributed by atoms with Crippen LogP contribution in [0.5, 0.6) is 0 Å². The van der Waals surface area contributed by atoms with Crippen LogP contribution in [-0.2, 0) is 10.8 Å². The number of halogens is 1. The summed E-state index contributed by atoms with van der Waals surface area (Å²) in [6, 6.07) is 9.31. The third-order valence-electron chi connectivity index (χ3n) is 1.46. The van der Waals surface area contributed by atoms with Gasteiger partial charge in [-0.05, 0) is 18.2 Å². The Morgan fingerprint density at radius 2 is 2.31 bits per heavy atom. The predicted molar refractivity (Wildman–Crippen MR) is 55.6 cm³/mol. The molecule has 0 bridgehead atoms. The highest BCUT2D eigenvalue weighted by molar-refractivity contribution is 9.10. The summed E-state index contributed by atoms with van der Waals surface area (Å²) in [5, 5.41) is 8.32. The quantitative estimate of drug-likeness (QED) is 0.835. The van der Waals surface area contributed by atoms with Gasteiger partial charge in [-0.2, -0.15) is 5.26 Å². The van der Waals surface area contributed by atoms with E-state index in [-0.39, 0.29) is 0 Å². The van der Waals surface area contributed by atoms with Crippen LogP contribution in [0.15, 0.2) is 33.6 Å². The Hall–Kier alpha value is -0.660. The van der Waals surface area contributed by atoms with Crippen LogP contribution in [0.2, 0.25) is 0 Å². The molecule has 0 saturated carbocycles. The lowest BCUT2D eigenvalue weighted by atomic mass is 10.4. The first kappa shape index (κ1) is 10.4. The van der Waals surface area contributed by atoms with E-state index in [1.807, 2.05) is 24.3 Å². The Morgan fingerprint density at radius 3 is 2.92 bits per heavy atom. The summed E-state index contributed by atoms with van der Waals surface area (Å²) in [5.74, 6) is 0.410. The number of benzene rings is 1. The van der Waals surface area contributed by atoms with E-state index in [0.717, 1.165) is 9.37 Å². The smallest absolute Gasteiger partial charge is 0.0631 e. The molecule has 1 rings (SSSR count). The van der Waals surface area contributed by atoms with Crippen molar-refractivity contribution in [1.82, 2.24) is 0 Å². The molecule has 2 nitrogen and oxygen atoms in total. The fraction of sp³-hybridized carbons (Fsp3) is 0.222. The van der Waals surface area contributed by atoms with Crippen LogP contribution < -0.4 is 0 Å². The first-order valence-electron chi connectivity index (χ1n) is 3.75. The predicted octanol–water partition coefficient (Wildman–Crippen LogP) is 2.47. The van der Waals surface area contributed by atoms with E-state index in [9.17, 15) is 4.21 Å². The highest BCUT2D eigenvalue weighted by atomic mass is 79.9. The molecule has 4 heteroatoms. The van der Waals surface area contributed by atoms with Crippen molar-refractivity contribution in [2.45, 2.75) is 11.3 Å². The van der Waals surface area contributed by atoms with Gasteiger partial charge in [-0.3, -0.25) is 4.21 Å². The second-order valence-electron chi connectivity index (χ2n) is 2.42. The lowest BCUT2D eigenvalue weighted by Gasteiger charge is -1.99. The average molecular weight is 258 g/mol. The van der Waals surface area contributed by atoms with Gasteiger partial charge in [0.1, 0.15) is 0 Å². The van der Waals surface area contributed by atoms with Crippen LogP contribution in [0.25, 0.3) is 0 Å². The molecule has 0 aliphatic carbocycles. The zero-order valence-corrected chi connectivity index (χ0v) is 9.27. The van der Waals surface area contributed by atoms with E-state index < -0.39 is 10.8 Å². The summed E-state index contributed by atoms with van der Waals surface area (Å²) >= 11 is 3.30. The summed E-state index contributed by atoms with van der Waals surface area (Å²) < 4.78 is 12.4. The monoisotopic (exact) mass is 257 g/mol. The molecule has 1 aromatic rings. The van der Waals surface area contributed by atoms with Gasteiger partial charge in [0, 0.05) is 21.5 Å². The minimum Gasteiger partial charge on any atom is -0.254 e. The number of hydrogen-bond donors (Lipinski definition) is 0. The van der Waals surface area contributed by atoms with Crippen LogP contribution in [-0.4, -0.2) is 9.96 Å². The van der Waals surface area contributed by atoms with Gasteiger partial charge in [0.05, 0.1) is 16.9 Å². The molecule has 0 aliphatic heterocycles. The standard InChI is InChI=1S/C9H8BrNOS/c10-8-3-1-4-9(7-8)13(12)6-2-5-11/h1,3-4,7H,2,6H2. The Kier molecular flexibility index (Phi) is 4.13. The first-order valence-corrected chi connectivity index (χ1v) is 5.86. The van der Waals surface area contributed by atoms with E-state index in [1.165, 1.54) is 0 Å². The topological polar surface area (TPSA) is 40.9 Å². The molecular weight excluding hydrogens is 250 g/mol. The van der Waals surface area contributed by atoms with Crippen molar-refractivity contribution < 1.29 is 4.21 Å². The SMILES string of the molecule is N#CCCS(=O)c1cccc(Br)c1. The van der Waals surface area contributed by atoms with Crippen LogP contribution >= 0.6 is 15.9 Å². The van der Waals surface area contributed by atoms with Crippen LogP contribution in [0.4, 0.5) is 0 Å². The van der Waals surface area contributed by atoms with Gasteiger partial charge < -0.3 is 0 Å². The third-order valence-corrected chi connectivity index (χ3v) is 3.31. The average Bonchev–Trinajstić information content (AvgIpc) is 2.14. The van der Waals surface area contributed by atoms with Gasteiger partial charge in [-0.15, -0.1) is 0 Å². The van der Waals surface area contributed by atoms with Crippen molar-refractivity contribution in [3.8, 4) is 6.07 Å². The van der Waals surface area contributed by atoms with E-state index in [0.29, 0.717) is 12.2 Å². The lowest BCUT2D eigenvalue weighted by Crippen LogP contribution is -1.96. The van der Waals surface area contributed by atoms with Crippen molar-refractivity contribution in [2.24, 2.45) is 0 Å². The Balaban J connectivity index is 2.72. The number of rotatable bonds is 3. The zero-order chi connectivity index (χ0) is 9.68. The van der Waals surface area contributed by atoms with Crippen LogP contribution in [0, 0.1) is 11.3 Å². The van der Waals surface area contributed by atoms with E-state index in [2.05, 4.69) is 15.9 Å². The molecule has 0 N–H and O–H groups in total. The molecule has 0 spiro atoms. The van der Waals surface area contributed by atoms with E-state index >= 15 is 0 Å². The summed E-state index contributed by atoms with van der Waals surface area (Å²) in [6.45, 7) is 0. The van der Waals surface area contributed by atoms with Crippen LogP contribution in [0.3, 0.4) is 0 Å². The molecular formula is C9H8BrNOS. The van der Waals surface area contributed by atoms with Gasteiger partial charge in [0.2, 0.25) is 0 Å². The Bertz CT molecular complexity index is 359. The minimum absolute atomic E-state index is 0.332. The number of hydrogen-bond acceptors (Lipinski definition) is 2. The van der Waals surface area contributed by atoms with Gasteiger partial charge in [-0.25, -0.2) is 0 Å². The maximum atomic E-state index is 11.5. The molecule has 0 saturated heterocycles. The molecule has 0 radical (unpaired) electrons. The van der Waals surface area contributed by atoms with Crippen molar-refractivity contribution in [2.75, 3.05) is 5.75 Å². The van der Waals surface area contributed by atoms with Crippen molar-refractivity contribution in [3.63, 3.8) is 0 Å². The molecule has 0 fully saturated rings. The summed E-state index contributed by atoms with van der Waals surface area (Å²) in [6.07, 6.45) is 0.332. The van der Waals surface area contributed by atoms with Crippen molar-refractivity contribution in [3.05, 3.63) is 28.7 Å². The molecule has 0 aromatic heterocycles. The van der Waals surface area contributed by atoms with Crippen molar-refractivity contribution in [1.29, 1.82) is 5.26 Å². The molecule has 1 aromatic carbocycles. The third kappa shape index (κ3) is 3.29. The molecule has 68 valence electrons. The maximum Gasteiger partial charge on any atom is 0.0631 e. The molecule has 0 heterocycles. The van der Waals surface area contributed by atoms with Gasteiger partial charge in [0.25, 0.3) is 0 Å². The summed E-state index contributed by atoms with van der Waals surface area (Å²) in [7, 11) is -1.05. The van der Waals surface area contributed by atoms with E-state index in [1.54, 1.807) is 6.07 Å². The normalized spacial score (nSPS) is 12.0. The molecule has 13 heavy (non-hydrogen) atoms. The second kappa shape index (κ2) is 5.15. The van der Waals surface area contributed by atoms with Gasteiger partial charge in [-0.1, -0.05) is 22.0 Å². The highest BCUT2D eigenvalue weighted by Gasteiger charge is 2.02. The fourth-order valence-corrected chi connectivity index (χ4v) is 2.42. The van der Waals surface area contributed by atoms with Crippen molar-refractivity contribution >= 4 is 26.7 Å². The lowest BCUT2D eigenvalue weighted by molar-refractivity contribution is 0.683. The fourth-order valence-electron chi connectivity index (χ4n) is 0.865. The van der Waals surface area contributed by atoms with Gasteiger partial charge >= 0.3 is 0 Å². The largest absolute Gasteiger partial charge is 0.254 e. The van der Waals surface area contributed by atoms with Crippen LogP contribution in [0.1, 0.15) is 6.42 Å². The summed E-state index contributed by atoms with van der Waals surface area (Å²) in [5.41, 5.74) is 0. The highest BCUT2D eigenvalue weighted by Crippen LogP contribution is 2.14. The zero-order valence-electron chi connectivity index (χ0n) is 6.87. The number of nitrogens with zero attached hydrogens (tertiary/aromatic N) is 1. The molecule has 0 aliphatic rings.